The van der Waals surface area contributed by atoms with E-state index in [0.717, 1.165) is 17.9 Å². The van der Waals surface area contributed by atoms with Crippen molar-refractivity contribution in [3.8, 4) is 0 Å². The normalized spacial score (nSPS) is 22.2. The molecule has 0 aliphatic carbocycles. The number of amides is 3. The Bertz CT molecular complexity index is 526. The molecule has 2 aliphatic rings. The van der Waals surface area contributed by atoms with E-state index < -0.39 is 6.04 Å². The van der Waals surface area contributed by atoms with Gasteiger partial charge in [-0.2, -0.15) is 0 Å². The van der Waals surface area contributed by atoms with Crippen LogP contribution in [0.25, 0.3) is 0 Å². The number of rotatable bonds is 4. The van der Waals surface area contributed by atoms with Crippen LogP contribution in [0, 0.1) is 0 Å². The third-order valence-electron chi connectivity index (χ3n) is 3.61. The number of nitrogens with zero attached hydrogens (tertiary/aromatic N) is 5. The van der Waals surface area contributed by atoms with Crippen LogP contribution >= 0.6 is 0 Å². The van der Waals surface area contributed by atoms with Gasteiger partial charge in [-0.05, 0) is 20.5 Å². The van der Waals surface area contributed by atoms with Crippen molar-refractivity contribution in [1.29, 1.82) is 0 Å². The summed E-state index contributed by atoms with van der Waals surface area (Å²) < 4.78 is 7.32. The molecule has 0 bridgehead atoms. The van der Waals surface area contributed by atoms with Crippen molar-refractivity contribution >= 4 is 23.8 Å². The summed E-state index contributed by atoms with van der Waals surface area (Å²) in [6.07, 6.45) is 0.864. The maximum atomic E-state index is 12.2. The highest BCUT2D eigenvalue weighted by atomic mass is 16.5. The molecule has 0 radical (unpaired) electrons. The summed E-state index contributed by atoms with van der Waals surface area (Å²) in [7, 11) is 8.83. The van der Waals surface area contributed by atoms with Gasteiger partial charge in [0.1, 0.15) is 0 Å². The van der Waals surface area contributed by atoms with Crippen molar-refractivity contribution in [2.45, 2.75) is 12.5 Å². The van der Waals surface area contributed by atoms with Crippen molar-refractivity contribution in [2.75, 3.05) is 48.4 Å². The summed E-state index contributed by atoms with van der Waals surface area (Å²) in [5.41, 5.74) is 0. The second kappa shape index (κ2) is 5.80. The molecule has 116 valence electrons. The molecule has 0 aromatic carbocycles. The smallest absolute Gasteiger partial charge is 0.428 e. The Morgan fingerprint density at radius 3 is 2.57 bits per heavy atom. The lowest BCUT2D eigenvalue weighted by atomic mass is 10.2. The molecule has 0 saturated carbocycles. The van der Waals surface area contributed by atoms with Gasteiger partial charge in [-0.15, -0.1) is 0 Å². The number of aliphatic imine (C=N–C) groups is 1. The molecule has 8 nitrogen and oxygen atoms in total. The Labute approximate surface area is 124 Å². The Hall–Kier alpha value is -1.96. The zero-order valence-corrected chi connectivity index (χ0v) is 13.2. The Morgan fingerprint density at radius 2 is 1.95 bits per heavy atom. The zero-order chi connectivity index (χ0) is 15.7. The van der Waals surface area contributed by atoms with Gasteiger partial charge >= 0.3 is 12.1 Å². The molecule has 0 aromatic rings. The standard InChI is InChI=1S/C13H22N5O3/c1-15(2)7-6-8-21-12-14-10-9(16(12)3)11(19)18(5)13(20)17(10)4/h9H,6-8H2,1-5H3/q+1. The Morgan fingerprint density at radius 1 is 1.29 bits per heavy atom. The van der Waals surface area contributed by atoms with Gasteiger partial charge in [0.2, 0.25) is 0 Å². The molecule has 1 unspecified atom stereocenters. The number of carbonyl (C=O) groups is 2. The first-order chi connectivity index (χ1) is 9.84. The van der Waals surface area contributed by atoms with Crippen LogP contribution in [0.3, 0.4) is 0 Å². The molecule has 0 N–H and O–H groups in total. The third-order valence-corrected chi connectivity index (χ3v) is 3.61. The monoisotopic (exact) mass is 296 g/mol. The lowest BCUT2D eigenvalue weighted by Gasteiger charge is -2.29. The van der Waals surface area contributed by atoms with E-state index in [9.17, 15) is 9.59 Å². The quantitative estimate of drug-likeness (QED) is 0.506. The first-order valence-corrected chi connectivity index (χ1v) is 6.85. The number of imide groups is 1. The molecule has 1 fully saturated rings. The predicted octanol–water partition coefficient (Wildman–Crippen LogP) is -0.742. The molecular weight excluding hydrogens is 274 g/mol. The second-order valence-electron chi connectivity index (χ2n) is 5.51. The van der Waals surface area contributed by atoms with Crippen LogP contribution in [0.1, 0.15) is 6.42 Å². The van der Waals surface area contributed by atoms with E-state index in [1.807, 2.05) is 14.1 Å². The van der Waals surface area contributed by atoms with Gasteiger partial charge in [-0.3, -0.25) is 14.6 Å². The van der Waals surface area contributed by atoms with Crippen LogP contribution in [0.2, 0.25) is 0 Å². The van der Waals surface area contributed by atoms with Gasteiger partial charge < -0.3 is 9.64 Å². The van der Waals surface area contributed by atoms with Crippen molar-refractivity contribution in [3.05, 3.63) is 0 Å². The maximum Gasteiger partial charge on any atom is 0.496 e. The molecular formula is C13H22N5O3+. The first-order valence-electron chi connectivity index (χ1n) is 6.85. The number of likely N-dealkylation sites (N-methyl/N-ethyl adjacent to an activating group) is 3. The lowest BCUT2D eigenvalue weighted by Crippen LogP contribution is -2.61. The number of fused-ring (bicyclic) bond motifs is 1. The van der Waals surface area contributed by atoms with Crippen molar-refractivity contribution in [1.82, 2.24) is 14.7 Å². The SMILES string of the molecule is CN(C)CCCOC1=[N+](C)C2C(=O)N(C)C(=O)N(C)C2=N1. The van der Waals surface area contributed by atoms with Gasteiger partial charge in [-0.25, -0.2) is 9.37 Å². The van der Waals surface area contributed by atoms with Crippen LogP contribution in [-0.2, 0) is 9.53 Å². The fourth-order valence-corrected chi connectivity index (χ4v) is 2.34. The topological polar surface area (TPSA) is 68.5 Å². The summed E-state index contributed by atoms with van der Waals surface area (Å²) in [6, 6.07) is -0.573. The van der Waals surface area contributed by atoms with Crippen molar-refractivity contribution in [3.63, 3.8) is 0 Å². The molecule has 21 heavy (non-hydrogen) atoms. The van der Waals surface area contributed by atoms with Crippen LogP contribution < -0.4 is 0 Å². The predicted molar refractivity (Wildman–Crippen MR) is 77.5 cm³/mol. The lowest BCUT2D eigenvalue weighted by molar-refractivity contribution is -0.513. The molecule has 1 saturated heterocycles. The Kier molecular flexibility index (Phi) is 4.26. The van der Waals surface area contributed by atoms with Crippen LogP contribution in [0.5, 0.6) is 0 Å². The minimum absolute atomic E-state index is 0.286. The van der Waals surface area contributed by atoms with E-state index in [-0.39, 0.29) is 11.9 Å². The summed E-state index contributed by atoms with van der Waals surface area (Å²) in [5, 5.41) is 0. The number of urea groups is 1. The average molecular weight is 296 g/mol. The highest BCUT2D eigenvalue weighted by Crippen LogP contribution is 2.18. The largest absolute Gasteiger partial charge is 0.496 e. The van der Waals surface area contributed by atoms with E-state index in [2.05, 4.69) is 9.89 Å². The van der Waals surface area contributed by atoms with Crippen LogP contribution in [-0.4, -0.2) is 97.5 Å². The highest BCUT2D eigenvalue weighted by molar-refractivity contribution is 6.22. The molecule has 0 spiro atoms. The molecule has 1 atom stereocenters. The van der Waals surface area contributed by atoms with Gasteiger partial charge in [0.15, 0.2) is 0 Å². The van der Waals surface area contributed by atoms with Crippen molar-refractivity contribution in [2.24, 2.45) is 4.99 Å². The maximum absolute atomic E-state index is 12.2. The molecule has 3 amide bonds. The number of hydrogen-bond donors (Lipinski definition) is 0. The second-order valence-corrected chi connectivity index (χ2v) is 5.51. The van der Waals surface area contributed by atoms with Gasteiger partial charge in [-0.1, -0.05) is 0 Å². The minimum atomic E-state index is -0.582. The molecule has 8 heteroatoms. The number of hydrogen-bond acceptors (Lipinski definition) is 5. The third kappa shape index (κ3) is 2.76. The zero-order valence-electron chi connectivity index (χ0n) is 13.2. The molecule has 2 heterocycles. The van der Waals surface area contributed by atoms with Gasteiger partial charge in [0.05, 0.1) is 13.7 Å². The van der Waals surface area contributed by atoms with E-state index in [4.69, 9.17) is 4.74 Å². The average Bonchev–Trinajstić information content (AvgIpc) is 2.76. The molecule has 0 aromatic heterocycles. The van der Waals surface area contributed by atoms with Crippen LogP contribution in [0.4, 0.5) is 4.79 Å². The van der Waals surface area contributed by atoms with Gasteiger partial charge in [0, 0.05) is 25.6 Å². The van der Waals surface area contributed by atoms with Crippen molar-refractivity contribution < 1.29 is 18.9 Å². The fraction of sp³-hybridized carbons (Fsp3) is 0.692. The summed E-state index contributed by atoms with van der Waals surface area (Å²) in [5.74, 6) is 0.138. The minimum Gasteiger partial charge on any atom is -0.428 e. The number of amidine groups is 2. The fourth-order valence-electron chi connectivity index (χ4n) is 2.34. The van der Waals surface area contributed by atoms with Crippen LogP contribution in [0.15, 0.2) is 4.99 Å². The summed E-state index contributed by atoms with van der Waals surface area (Å²) >= 11 is 0. The van der Waals surface area contributed by atoms with E-state index in [1.165, 1.54) is 11.9 Å². The van der Waals surface area contributed by atoms with Gasteiger partial charge in [0.25, 0.3) is 17.8 Å². The Balaban J connectivity index is 2.10. The van der Waals surface area contributed by atoms with E-state index >= 15 is 0 Å². The summed E-state index contributed by atoms with van der Waals surface area (Å²) in [4.78, 5) is 33.0. The molecule has 2 rings (SSSR count). The van der Waals surface area contributed by atoms with E-state index in [0.29, 0.717) is 18.5 Å². The number of carbonyl (C=O) groups excluding carboxylic acids is 2. The summed E-state index contributed by atoms with van der Waals surface area (Å²) in [6.45, 7) is 1.43. The highest BCUT2D eigenvalue weighted by Gasteiger charge is 2.52. The number of ether oxygens (including phenoxy) is 1. The first kappa shape index (κ1) is 15.4. The van der Waals surface area contributed by atoms with E-state index in [1.54, 1.807) is 18.7 Å². The molecule has 2 aliphatic heterocycles.